The second-order valence-electron chi connectivity index (χ2n) is 6.29. The van der Waals surface area contributed by atoms with Crippen LogP contribution in [0.3, 0.4) is 0 Å². The van der Waals surface area contributed by atoms with Gasteiger partial charge in [0.25, 0.3) is 5.91 Å². The van der Waals surface area contributed by atoms with Gasteiger partial charge in [0.15, 0.2) is 0 Å². The number of benzene rings is 2. The zero-order valence-electron chi connectivity index (χ0n) is 15.4. The highest BCUT2D eigenvalue weighted by atomic mass is 16.5. The van der Waals surface area contributed by atoms with Gasteiger partial charge in [0, 0.05) is 29.9 Å². The second-order valence-corrected chi connectivity index (χ2v) is 6.29. The van der Waals surface area contributed by atoms with E-state index in [4.69, 9.17) is 4.74 Å². The Labute approximate surface area is 159 Å². The van der Waals surface area contributed by atoms with Crippen LogP contribution in [-0.2, 0) is 11.3 Å². The van der Waals surface area contributed by atoms with Gasteiger partial charge in [0.05, 0.1) is 7.11 Å². The average Bonchev–Trinajstić information content (AvgIpc) is 2.93. The SMILES string of the molecule is C=CCN(Cc1ccc(OC)cc1)C(=O)CN1C(=C)c2ccccc2C1=O. The summed E-state index contributed by atoms with van der Waals surface area (Å²) in [5.74, 6) is 0.414. The maximum Gasteiger partial charge on any atom is 0.259 e. The van der Waals surface area contributed by atoms with Crippen LogP contribution in [0.25, 0.3) is 5.70 Å². The van der Waals surface area contributed by atoms with E-state index in [1.165, 1.54) is 4.90 Å². The first-order valence-corrected chi connectivity index (χ1v) is 8.67. The highest BCUT2D eigenvalue weighted by Gasteiger charge is 2.32. The first-order valence-electron chi connectivity index (χ1n) is 8.67. The van der Waals surface area contributed by atoms with Gasteiger partial charge >= 0.3 is 0 Å². The minimum Gasteiger partial charge on any atom is -0.497 e. The standard InChI is InChI=1S/C22H22N2O3/c1-4-13-23(14-17-9-11-18(27-3)12-10-17)21(25)15-24-16(2)19-7-5-6-8-20(19)22(24)26/h4-12H,1-2,13-15H2,3H3. The quantitative estimate of drug-likeness (QED) is 0.710. The molecule has 2 aromatic carbocycles. The third kappa shape index (κ3) is 3.77. The first-order chi connectivity index (χ1) is 13.0. The molecular formula is C22H22N2O3. The Kier molecular flexibility index (Phi) is 5.41. The van der Waals surface area contributed by atoms with E-state index in [0.29, 0.717) is 24.4 Å². The lowest BCUT2D eigenvalue weighted by atomic mass is 10.1. The molecule has 0 atom stereocenters. The highest BCUT2D eigenvalue weighted by molar-refractivity contribution is 6.10. The number of ether oxygens (including phenoxy) is 1. The van der Waals surface area contributed by atoms with Gasteiger partial charge in [-0.3, -0.25) is 14.5 Å². The van der Waals surface area contributed by atoms with Crippen molar-refractivity contribution in [3.63, 3.8) is 0 Å². The molecule has 1 aliphatic heterocycles. The summed E-state index contributed by atoms with van der Waals surface area (Å²) in [6, 6.07) is 14.8. The van der Waals surface area contributed by atoms with Crippen LogP contribution in [0.1, 0.15) is 21.5 Å². The van der Waals surface area contributed by atoms with Gasteiger partial charge in [-0.05, 0) is 23.8 Å². The largest absolute Gasteiger partial charge is 0.497 e. The molecule has 2 aromatic rings. The Morgan fingerprint density at radius 3 is 2.41 bits per heavy atom. The van der Waals surface area contributed by atoms with Crippen molar-refractivity contribution in [2.45, 2.75) is 6.54 Å². The Balaban J connectivity index is 1.73. The minimum atomic E-state index is -0.188. The number of hydrogen-bond acceptors (Lipinski definition) is 3. The van der Waals surface area contributed by atoms with Crippen molar-refractivity contribution in [3.05, 3.63) is 84.5 Å². The number of carbonyl (C=O) groups is 2. The van der Waals surface area contributed by atoms with Crippen molar-refractivity contribution in [3.8, 4) is 5.75 Å². The van der Waals surface area contributed by atoms with E-state index in [2.05, 4.69) is 13.2 Å². The Bertz CT molecular complexity index is 852. The van der Waals surface area contributed by atoms with Gasteiger partial charge in [-0.2, -0.15) is 0 Å². The molecule has 27 heavy (non-hydrogen) atoms. The van der Waals surface area contributed by atoms with E-state index in [9.17, 15) is 9.59 Å². The van der Waals surface area contributed by atoms with E-state index >= 15 is 0 Å². The molecule has 1 heterocycles. The molecule has 0 unspecified atom stereocenters. The zero-order valence-corrected chi connectivity index (χ0v) is 15.4. The number of hydrogen-bond donors (Lipinski definition) is 0. The predicted molar refractivity (Wildman–Crippen MR) is 105 cm³/mol. The van der Waals surface area contributed by atoms with Crippen LogP contribution in [0.4, 0.5) is 0 Å². The molecule has 0 spiro atoms. The summed E-state index contributed by atoms with van der Waals surface area (Å²) < 4.78 is 5.16. The van der Waals surface area contributed by atoms with Gasteiger partial charge in [-0.1, -0.05) is 43.0 Å². The molecule has 138 valence electrons. The molecular weight excluding hydrogens is 340 g/mol. The van der Waals surface area contributed by atoms with E-state index in [0.717, 1.165) is 16.9 Å². The first kappa shape index (κ1) is 18.5. The summed E-state index contributed by atoms with van der Waals surface area (Å²) in [6.45, 7) is 8.50. The summed E-state index contributed by atoms with van der Waals surface area (Å²) in [7, 11) is 1.61. The molecule has 1 aliphatic rings. The van der Waals surface area contributed by atoms with Crippen molar-refractivity contribution < 1.29 is 14.3 Å². The molecule has 0 fully saturated rings. The molecule has 0 aromatic heterocycles. The molecule has 5 nitrogen and oxygen atoms in total. The van der Waals surface area contributed by atoms with Gasteiger partial charge in [-0.15, -0.1) is 6.58 Å². The summed E-state index contributed by atoms with van der Waals surface area (Å²) in [6.07, 6.45) is 1.68. The Morgan fingerprint density at radius 1 is 1.15 bits per heavy atom. The van der Waals surface area contributed by atoms with Crippen LogP contribution < -0.4 is 4.74 Å². The number of carbonyl (C=O) groups excluding carboxylic acids is 2. The van der Waals surface area contributed by atoms with Crippen molar-refractivity contribution in [2.75, 3.05) is 20.2 Å². The molecule has 0 aliphatic carbocycles. The highest BCUT2D eigenvalue weighted by Crippen LogP contribution is 2.31. The van der Waals surface area contributed by atoms with Crippen LogP contribution in [0.15, 0.2) is 67.8 Å². The van der Waals surface area contributed by atoms with Crippen LogP contribution in [0.5, 0.6) is 5.75 Å². The Morgan fingerprint density at radius 2 is 1.81 bits per heavy atom. The maximum absolute atomic E-state index is 12.9. The fourth-order valence-corrected chi connectivity index (χ4v) is 3.10. The molecule has 0 radical (unpaired) electrons. The van der Waals surface area contributed by atoms with Crippen LogP contribution in [0, 0.1) is 0 Å². The lowest BCUT2D eigenvalue weighted by Gasteiger charge is -2.25. The third-order valence-corrected chi connectivity index (χ3v) is 4.57. The Hall–Kier alpha value is -3.34. The van der Waals surface area contributed by atoms with Gasteiger partial charge < -0.3 is 9.64 Å². The normalized spacial score (nSPS) is 12.7. The van der Waals surface area contributed by atoms with E-state index in [1.807, 2.05) is 42.5 Å². The molecule has 2 amide bonds. The third-order valence-electron chi connectivity index (χ3n) is 4.57. The topological polar surface area (TPSA) is 49.9 Å². The van der Waals surface area contributed by atoms with Crippen LogP contribution in [-0.4, -0.2) is 41.8 Å². The van der Waals surface area contributed by atoms with Crippen molar-refractivity contribution in [1.29, 1.82) is 0 Å². The number of methoxy groups -OCH3 is 1. The van der Waals surface area contributed by atoms with Crippen molar-refractivity contribution in [1.82, 2.24) is 9.80 Å². The number of rotatable bonds is 7. The van der Waals surface area contributed by atoms with E-state index < -0.39 is 0 Å². The van der Waals surface area contributed by atoms with Crippen molar-refractivity contribution >= 4 is 17.5 Å². The predicted octanol–water partition coefficient (Wildman–Crippen LogP) is 3.34. The van der Waals surface area contributed by atoms with Gasteiger partial charge in [-0.25, -0.2) is 0 Å². The van der Waals surface area contributed by atoms with Crippen LogP contribution in [0.2, 0.25) is 0 Å². The molecule has 0 saturated carbocycles. The zero-order chi connectivity index (χ0) is 19.4. The molecule has 3 rings (SSSR count). The summed E-state index contributed by atoms with van der Waals surface area (Å²) in [4.78, 5) is 28.6. The van der Waals surface area contributed by atoms with E-state index in [-0.39, 0.29) is 18.4 Å². The molecule has 0 saturated heterocycles. The monoisotopic (exact) mass is 362 g/mol. The lowest BCUT2D eigenvalue weighted by molar-refractivity contribution is -0.131. The van der Waals surface area contributed by atoms with E-state index in [1.54, 1.807) is 24.2 Å². The number of fused-ring (bicyclic) bond motifs is 1. The average molecular weight is 362 g/mol. The number of amides is 2. The minimum absolute atomic E-state index is 0.0453. The van der Waals surface area contributed by atoms with Gasteiger partial charge in [0.2, 0.25) is 5.91 Å². The molecule has 0 bridgehead atoms. The summed E-state index contributed by atoms with van der Waals surface area (Å²) in [5, 5.41) is 0. The summed E-state index contributed by atoms with van der Waals surface area (Å²) >= 11 is 0. The fraction of sp³-hybridized carbons (Fsp3) is 0.182. The smallest absolute Gasteiger partial charge is 0.259 e. The van der Waals surface area contributed by atoms with Crippen molar-refractivity contribution in [2.24, 2.45) is 0 Å². The fourth-order valence-electron chi connectivity index (χ4n) is 3.10. The molecule has 0 N–H and O–H groups in total. The lowest BCUT2D eigenvalue weighted by Crippen LogP contribution is -2.39. The second kappa shape index (κ2) is 7.91. The number of nitrogens with zero attached hydrogens (tertiary/aromatic N) is 2. The maximum atomic E-state index is 12.9. The molecule has 5 heteroatoms. The summed E-state index contributed by atoms with van der Waals surface area (Å²) in [5.41, 5.74) is 2.90. The van der Waals surface area contributed by atoms with Crippen LogP contribution >= 0.6 is 0 Å². The van der Waals surface area contributed by atoms with Gasteiger partial charge in [0.1, 0.15) is 12.3 Å².